The van der Waals surface area contributed by atoms with E-state index in [9.17, 15) is 0 Å². The Hall–Kier alpha value is 0.0600. The third-order valence-electron chi connectivity index (χ3n) is 5.00. The first-order valence-electron chi connectivity index (χ1n) is 9.34. The van der Waals surface area contributed by atoms with Gasteiger partial charge in [-0.1, -0.05) is 90.2 Å². The first kappa shape index (κ1) is 22.1. The molecule has 0 spiro atoms. The second kappa shape index (κ2) is 9.13. The number of hydrogen-bond donors (Lipinski definition) is 0. The molecular weight excluding hydrogens is 384 g/mol. The fourth-order valence-corrected chi connectivity index (χ4v) is 8.34. The van der Waals surface area contributed by atoms with E-state index in [2.05, 4.69) is 90.2 Å². The van der Waals surface area contributed by atoms with Gasteiger partial charge in [-0.25, -0.2) is 0 Å². The SMILES string of the molecule is CC(C)(C)CC([SiH2]C(CC(C)(C)C)C1C=CC=C1)C1C=CC=C1.[Zr]. The fraction of sp³-hybridized carbons (Fsp3) is 0.636. The van der Waals surface area contributed by atoms with E-state index in [0.717, 1.165) is 11.1 Å². The summed E-state index contributed by atoms with van der Waals surface area (Å²) in [5.74, 6) is 1.38. The fourth-order valence-electron chi connectivity index (χ4n) is 4.24. The Morgan fingerprint density at radius 2 is 0.958 bits per heavy atom. The Balaban J connectivity index is 0.00000288. The van der Waals surface area contributed by atoms with Crippen LogP contribution in [-0.4, -0.2) is 9.52 Å². The van der Waals surface area contributed by atoms with Gasteiger partial charge in [0.15, 0.2) is 0 Å². The molecule has 0 aromatic heterocycles. The minimum atomic E-state index is -0.184. The number of rotatable bonds is 6. The van der Waals surface area contributed by atoms with Gasteiger partial charge in [-0.3, -0.25) is 0 Å². The van der Waals surface area contributed by atoms with Crippen molar-refractivity contribution in [2.24, 2.45) is 22.7 Å². The summed E-state index contributed by atoms with van der Waals surface area (Å²) >= 11 is 0. The molecule has 24 heavy (non-hydrogen) atoms. The molecule has 2 aliphatic carbocycles. The minimum Gasteiger partial charge on any atom is -0.0777 e. The summed E-state index contributed by atoms with van der Waals surface area (Å²) in [6.07, 6.45) is 21.5. The Labute approximate surface area is 171 Å². The largest absolute Gasteiger partial charge is 0.0777 e. The molecule has 0 fully saturated rings. The van der Waals surface area contributed by atoms with Crippen LogP contribution in [0.2, 0.25) is 11.1 Å². The molecule has 0 radical (unpaired) electrons. The summed E-state index contributed by atoms with van der Waals surface area (Å²) in [6.45, 7) is 14.4. The van der Waals surface area contributed by atoms with Crippen molar-refractivity contribution in [3.05, 3.63) is 48.6 Å². The average molecular weight is 420 g/mol. The molecule has 2 heteroatoms. The molecule has 2 rings (SSSR count). The molecule has 0 N–H and O–H groups in total. The molecule has 132 valence electrons. The van der Waals surface area contributed by atoms with Gasteiger partial charge in [0, 0.05) is 35.7 Å². The third kappa shape index (κ3) is 7.52. The van der Waals surface area contributed by atoms with Crippen LogP contribution in [0.25, 0.3) is 0 Å². The van der Waals surface area contributed by atoms with Crippen molar-refractivity contribution in [3.63, 3.8) is 0 Å². The van der Waals surface area contributed by atoms with E-state index in [1.165, 1.54) is 12.8 Å². The molecule has 0 heterocycles. The van der Waals surface area contributed by atoms with Gasteiger partial charge in [-0.15, -0.1) is 0 Å². The van der Waals surface area contributed by atoms with Crippen LogP contribution < -0.4 is 0 Å². The Morgan fingerprint density at radius 3 is 1.21 bits per heavy atom. The van der Waals surface area contributed by atoms with E-state index in [0.29, 0.717) is 22.7 Å². The quantitative estimate of drug-likeness (QED) is 0.457. The zero-order chi connectivity index (χ0) is 17.1. The molecule has 2 atom stereocenters. The van der Waals surface area contributed by atoms with Crippen LogP contribution in [0.1, 0.15) is 54.4 Å². The second-order valence-corrected chi connectivity index (χ2v) is 12.5. The maximum absolute atomic E-state index is 2.44. The van der Waals surface area contributed by atoms with Crippen molar-refractivity contribution in [1.82, 2.24) is 0 Å². The predicted octanol–water partition coefficient (Wildman–Crippen LogP) is 6.09. The van der Waals surface area contributed by atoms with Crippen LogP contribution in [-0.2, 0) is 26.2 Å². The van der Waals surface area contributed by atoms with Gasteiger partial charge in [0.2, 0.25) is 0 Å². The number of allylic oxidation sites excluding steroid dienone is 8. The first-order valence-corrected chi connectivity index (χ1v) is 11.0. The van der Waals surface area contributed by atoms with Gasteiger partial charge in [0.05, 0.1) is 0 Å². The monoisotopic (exact) mass is 418 g/mol. The number of hydrogen-bond acceptors (Lipinski definition) is 0. The van der Waals surface area contributed by atoms with E-state index in [4.69, 9.17) is 0 Å². The van der Waals surface area contributed by atoms with Gasteiger partial charge in [0.1, 0.15) is 0 Å². The summed E-state index contributed by atoms with van der Waals surface area (Å²) in [7, 11) is -0.184. The standard InChI is InChI=1S/C22H36Si.Zr/c1-21(2,3)15-19(17-11-7-8-12-17)23-20(16-22(4,5)6)18-13-9-10-14-18;/h7-14,17-20H,15-16,23H2,1-6H3;. The molecule has 0 aliphatic heterocycles. The smallest absolute Gasteiger partial charge is 0.0287 e. The summed E-state index contributed by atoms with van der Waals surface area (Å²) in [5.41, 5.74) is 2.63. The van der Waals surface area contributed by atoms with E-state index in [1.807, 2.05) is 0 Å². The summed E-state index contributed by atoms with van der Waals surface area (Å²) in [5, 5.41) is 0. The molecule has 0 saturated carbocycles. The first-order chi connectivity index (χ1) is 10.6. The zero-order valence-electron chi connectivity index (χ0n) is 16.5. The molecule has 0 bridgehead atoms. The molecule has 0 aromatic carbocycles. The van der Waals surface area contributed by atoms with Crippen molar-refractivity contribution >= 4 is 9.52 Å². The van der Waals surface area contributed by atoms with Gasteiger partial charge in [-0.05, 0) is 46.6 Å². The van der Waals surface area contributed by atoms with Crippen LogP contribution in [0.15, 0.2) is 48.6 Å². The van der Waals surface area contributed by atoms with Gasteiger partial charge in [0.25, 0.3) is 0 Å². The summed E-state index contributed by atoms with van der Waals surface area (Å²) < 4.78 is 0. The van der Waals surface area contributed by atoms with E-state index in [-0.39, 0.29) is 35.7 Å². The van der Waals surface area contributed by atoms with Crippen molar-refractivity contribution in [2.45, 2.75) is 65.5 Å². The minimum absolute atomic E-state index is 0. The zero-order valence-corrected chi connectivity index (χ0v) is 20.4. The van der Waals surface area contributed by atoms with Gasteiger partial charge >= 0.3 is 0 Å². The molecule has 0 nitrogen and oxygen atoms in total. The molecule has 2 aliphatic rings. The molecule has 0 aromatic rings. The van der Waals surface area contributed by atoms with Crippen LogP contribution in [0.5, 0.6) is 0 Å². The topological polar surface area (TPSA) is 0 Å². The van der Waals surface area contributed by atoms with E-state index < -0.39 is 0 Å². The van der Waals surface area contributed by atoms with E-state index >= 15 is 0 Å². The van der Waals surface area contributed by atoms with Crippen LogP contribution in [0, 0.1) is 22.7 Å². The maximum Gasteiger partial charge on any atom is 0.0287 e. The molecule has 0 amide bonds. The summed E-state index contributed by atoms with van der Waals surface area (Å²) in [6, 6.07) is 0. The molecule has 2 unspecified atom stereocenters. The van der Waals surface area contributed by atoms with Crippen molar-refractivity contribution in [3.8, 4) is 0 Å². The van der Waals surface area contributed by atoms with Crippen LogP contribution in [0.3, 0.4) is 0 Å². The van der Waals surface area contributed by atoms with Crippen molar-refractivity contribution in [2.75, 3.05) is 0 Å². The normalized spacial score (nSPS) is 21.1. The van der Waals surface area contributed by atoms with Crippen molar-refractivity contribution in [1.29, 1.82) is 0 Å². The Morgan fingerprint density at radius 1 is 0.667 bits per heavy atom. The van der Waals surface area contributed by atoms with E-state index in [1.54, 1.807) is 0 Å². The Kier molecular flexibility index (Phi) is 8.41. The Bertz CT molecular complexity index is 429. The summed E-state index contributed by atoms with van der Waals surface area (Å²) in [4.78, 5) is 0. The van der Waals surface area contributed by atoms with Gasteiger partial charge in [-0.2, -0.15) is 0 Å². The molecule has 0 saturated heterocycles. The van der Waals surface area contributed by atoms with Gasteiger partial charge < -0.3 is 0 Å². The van der Waals surface area contributed by atoms with Crippen LogP contribution >= 0.6 is 0 Å². The van der Waals surface area contributed by atoms with Crippen molar-refractivity contribution < 1.29 is 26.2 Å². The van der Waals surface area contributed by atoms with Crippen LogP contribution in [0.4, 0.5) is 0 Å². The predicted molar refractivity (Wildman–Crippen MR) is 108 cm³/mol. The second-order valence-electron chi connectivity index (χ2n) is 9.98. The average Bonchev–Trinajstić information content (AvgIpc) is 3.07. The maximum atomic E-state index is 2.44. The molecular formula is C22H36SiZr. The third-order valence-corrected chi connectivity index (χ3v) is 7.88.